The van der Waals surface area contributed by atoms with E-state index >= 15 is 0 Å². The molecule has 22 heavy (non-hydrogen) atoms. The van der Waals surface area contributed by atoms with Crippen LogP contribution in [0, 0.1) is 5.92 Å². The number of hydrogen-bond acceptors (Lipinski definition) is 5. The molecule has 130 valence electrons. The number of amides is 1. The summed E-state index contributed by atoms with van der Waals surface area (Å²) in [6.45, 7) is 14.9. The zero-order valence-electron chi connectivity index (χ0n) is 14.9. The lowest BCUT2D eigenvalue weighted by atomic mass is 10.2. The van der Waals surface area contributed by atoms with Crippen LogP contribution in [0.3, 0.4) is 0 Å². The maximum atomic E-state index is 12.0. The van der Waals surface area contributed by atoms with E-state index in [0.717, 1.165) is 52.4 Å². The Bertz CT molecular complexity index is 323. The maximum Gasteiger partial charge on any atom is 0.410 e. The van der Waals surface area contributed by atoms with Gasteiger partial charge in [-0.3, -0.25) is 4.90 Å². The van der Waals surface area contributed by atoms with Crippen molar-refractivity contribution in [2.45, 2.75) is 33.3 Å². The second-order valence-corrected chi connectivity index (χ2v) is 7.07. The van der Waals surface area contributed by atoms with Crippen LogP contribution in [-0.4, -0.2) is 81.0 Å². The van der Waals surface area contributed by atoms with E-state index in [1.54, 1.807) is 12.0 Å². The molecule has 1 amide bonds. The van der Waals surface area contributed by atoms with Crippen LogP contribution in [0.25, 0.3) is 0 Å². The fourth-order valence-corrected chi connectivity index (χ4v) is 2.41. The van der Waals surface area contributed by atoms with E-state index in [1.807, 2.05) is 20.8 Å². The summed E-state index contributed by atoms with van der Waals surface area (Å²) < 4.78 is 10.5. The van der Waals surface area contributed by atoms with Gasteiger partial charge in [-0.2, -0.15) is 0 Å². The van der Waals surface area contributed by atoms with Crippen LogP contribution in [0.15, 0.2) is 0 Å². The van der Waals surface area contributed by atoms with Crippen molar-refractivity contribution in [3.8, 4) is 0 Å². The standard InChI is InChI=1S/C16H33N3O3/c1-14(13-21-5)12-17-6-7-18-8-10-19(11-9-18)15(20)22-16(2,3)4/h14,17H,6-13H2,1-5H3. The Labute approximate surface area is 135 Å². The summed E-state index contributed by atoms with van der Waals surface area (Å²) in [6.07, 6.45) is -0.196. The first-order chi connectivity index (χ1) is 10.3. The Kier molecular flexibility index (Phi) is 8.14. The van der Waals surface area contributed by atoms with Gasteiger partial charge in [0, 0.05) is 53.0 Å². The van der Waals surface area contributed by atoms with Gasteiger partial charge < -0.3 is 19.7 Å². The van der Waals surface area contributed by atoms with Crippen molar-refractivity contribution in [3.63, 3.8) is 0 Å². The first kappa shape index (κ1) is 19.2. The third-order valence-corrected chi connectivity index (χ3v) is 3.57. The molecule has 6 nitrogen and oxygen atoms in total. The molecular formula is C16H33N3O3. The van der Waals surface area contributed by atoms with E-state index in [1.165, 1.54) is 0 Å². The lowest BCUT2D eigenvalue weighted by Gasteiger charge is -2.35. The summed E-state index contributed by atoms with van der Waals surface area (Å²) >= 11 is 0. The van der Waals surface area contributed by atoms with Gasteiger partial charge in [0.25, 0.3) is 0 Å². The number of rotatable bonds is 7. The first-order valence-electron chi connectivity index (χ1n) is 8.21. The van der Waals surface area contributed by atoms with E-state index < -0.39 is 5.60 Å². The topological polar surface area (TPSA) is 54.0 Å². The summed E-state index contributed by atoms with van der Waals surface area (Å²) in [4.78, 5) is 16.2. The lowest BCUT2D eigenvalue weighted by Crippen LogP contribution is -2.51. The second kappa shape index (κ2) is 9.33. The van der Waals surface area contributed by atoms with Crippen molar-refractivity contribution in [2.24, 2.45) is 5.92 Å². The SMILES string of the molecule is COCC(C)CNCCN1CCN(C(=O)OC(C)(C)C)CC1. The average Bonchev–Trinajstić information content (AvgIpc) is 2.43. The molecule has 1 heterocycles. The number of nitrogens with one attached hydrogen (secondary N) is 1. The molecule has 0 spiro atoms. The Morgan fingerprint density at radius 3 is 2.41 bits per heavy atom. The minimum atomic E-state index is -0.420. The molecule has 0 aromatic rings. The Hall–Kier alpha value is -0.850. The van der Waals surface area contributed by atoms with E-state index in [0.29, 0.717) is 5.92 Å². The largest absolute Gasteiger partial charge is 0.444 e. The maximum absolute atomic E-state index is 12.0. The van der Waals surface area contributed by atoms with Crippen LogP contribution < -0.4 is 5.32 Å². The summed E-state index contributed by atoms with van der Waals surface area (Å²) in [5, 5.41) is 3.46. The minimum Gasteiger partial charge on any atom is -0.444 e. The van der Waals surface area contributed by atoms with Gasteiger partial charge in [0.05, 0.1) is 0 Å². The highest BCUT2D eigenvalue weighted by molar-refractivity contribution is 5.68. The molecule has 1 aliphatic heterocycles. The normalized spacial score (nSPS) is 18.3. The van der Waals surface area contributed by atoms with E-state index in [-0.39, 0.29) is 6.09 Å². The molecule has 6 heteroatoms. The van der Waals surface area contributed by atoms with E-state index in [2.05, 4.69) is 17.1 Å². The average molecular weight is 315 g/mol. The molecule has 0 aromatic heterocycles. The highest BCUT2D eigenvalue weighted by Crippen LogP contribution is 2.11. The molecule has 0 aromatic carbocycles. The van der Waals surface area contributed by atoms with Gasteiger partial charge in [0.1, 0.15) is 5.60 Å². The van der Waals surface area contributed by atoms with Crippen LogP contribution in [-0.2, 0) is 9.47 Å². The molecule has 1 saturated heterocycles. The summed E-state index contributed by atoms with van der Waals surface area (Å²) in [7, 11) is 1.74. The summed E-state index contributed by atoms with van der Waals surface area (Å²) in [6, 6.07) is 0. The predicted octanol–water partition coefficient (Wildman–Crippen LogP) is 1.41. The summed E-state index contributed by atoms with van der Waals surface area (Å²) in [5.41, 5.74) is -0.420. The molecule has 1 N–H and O–H groups in total. The number of methoxy groups -OCH3 is 1. The number of carbonyl (C=O) groups excluding carboxylic acids is 1. The Morgan fingerprint density at radius 1 is 1.23 bits per heavy atom. The second-order valence-electron chi connectivity index (χ2n) is 7.07. The van der Waals surface area contributed by atoms with Crippen molar-refractivity contribution < 1.29 is 14.3 Å². The molecule has 1 aliphatic rings. The molecule has 0 bridgehead atoms. The number of nitrogens with zero attached hydrogens (tertiary/aromatic N) is 2. The zero-order chi connectivity index (χ0) is 16.6. The van der Waals surface area contributed by atoms with Crippen molar-refractivity contribution in [1.29, 1.82) is 0 Å². The molecular weight excluding hydrogens is 282 g/mol. The van der Waals surface area contributed by atoms with Crippen LogP contribution in [0.2, 0.25) is 0 Å². The third-order valence-electron chi connectivity index (χ3n) is 3.57. The van der Waals surface area contributed by atoms with Crippen molar-refractivity contribution in [3.05, 3.63) is 0 Å². The number of hydrogen-bond donors (Lipinski definition) is 1. The van der Waals surface area contributed by atoms with Gasteiger partial charge in [-0.1, -0.05) is 6.92 Å². The van der Waals surface area contributed by atoms with Crippen molar-refractivity contribution >= 4 is 6.09 Å². The predicted molar refractivity (Wildman–Crippen MR) is 88.2 cm³/mol. The molecule has 1 rings (SSSR count). The smallest absolute Gasteiger partial charge is 0.410 e. The van der Waals surface area contributed by atoms with Gasteiger partial charge in [0.15, 0.2) is 0 Å². The number of ether oxygens (including phenoxy) is 2. The molecule has 1 atom stereocenters. The fourth-order valence-electron chi connectivity index (χ4n) is 2.41. The van der Waals surface area contributed by atoms with E-state index in [9.17, 15) is 4.79 Å². The molecule has 1 unspecified atom stereocenters. The first-order valence-corrected chi connectivity index (χ1v) is 8.21. The van der Waals surface area contributed by atoms with Crippen LogP contribution in [0.5, 0.6) is 0 Å². The highest BCUT2D eigenvalue weighted by Gasteiger charge is 2.25. The quantitative estimate of drug-likeness (QED) is 0.720. The highest BCUT2D eigenvalue weighted by atomic mass is 16.6. The third kappa shape index (κ3) is 7.96. The van der Waals surface area contributed by atoms with Gasteiger partial charge in [-0.05, 0) is 33.2 Å². The van der Waals surface area contributed by atoms with Gasteiger partial charge >= 0.3 is 6.09 Å². The van der Waals surface area contributed by atoms with Crippen LogP contribution in [0.1, 0.15) is 27.7 Å². The Balaban J connectivity index is 2.14. The number of carbonyl (C=O) groups is 1. The van der Waals surface area contributed by atoms with Crippen molar-refractivity contribution in [2.75, 3.05) is 59.5 Å². The molecule has 1 fully saturated rings. The fraction of sp³-hybridized carbons (Fsp3) is 0.938. The number of piperazine rings is 1. The summed E-state index contributed by atoms with van der Waals surface area (Å²) in [5.74, 6) is 0.536. The molecule has 0 radical (unpaired) electrons. The van der Waals surface area contributed by atoms with Gasteiger partial charge in [-0.25, -0.2) is 4.79 Å². The Morgan fingerprint density at radius 2 is 1.86 bits per heavy atom. The minimum absolute atomic E-state index is 0.196. The van der Waals surface area contributed by atoms with Crippen LogP contribution >= 0.6 is 0 Å². The zero-order valence-corrected chi connectivity index (χ0v) is 14.9. The van der Waals surface area contributed by atoms with Crippen molar-refractivity contribution in [1.82, 2.24) is 15.1 Å². The monoisotopic (exact) mass is 315 g/mol. The lowest BCUT2D eigenvalue weighted by molar-refractivity contribution is 0.0146. The molecule has 0 aliphatic carbocycles. The molecule has 0 saturated carbocycles. The van der Waals surface area contributed by atoms with E-state index in [4.69, 9.17) is 9.47 Å². The van der Waals surface area contributed by atoms with Gasteiger partial charge in [-0.15, -0.1) is 0 Å². The van der Waals surface area contributed by atoms with Gasteiger partial charge in [0.2, 0.25) is 0 Å². The van der Waals surface area contributed by atoms with Crippen LogP contribution in [0.4, 0.5) is 4.79 Å².